The molecular weight excluding hydrogens is 284 g/mol. The lowest BCUT2D eigenvalue weighted by Gasteiger charge is -2.06. The molecule has 0 atom stereocenters. The van der Waals surface area contributed by atoms with Crippen LogP contribution in [0, 0.1) is 0 Å². The van der Waals surface area contributed by atoms with Crippen LogP contribution in [-0.4, -0.2) is 11.1 Å². The number of carboxylic acid groups (broad SMARTS) is 1. The van der Waals surface area contributed by atoms with Crippen molar-refractivity contribution in [3.8, 4) is 0 Å². The van der Waals surface area contributed by atoms with E-state index >= 15 is 0 Å². The Balaban J connectivity index is 1.97. The fourth-order valence-electron chi connectivity index (χ4n) is 3.10. The minimum Gasteiger partial charge on any atom is -0.478 e. The summed E-state index contributed by atoms with van der Waals surface area (Å²) >= 11 is 0. The summed E-state index contributed by atoms with van der Waals surface area (Å²) in [6.07, 6.45) is 16.9. The number of hydrogen-bond acceptors (Lipinski definition) is 1. The number of aromatic carboxylic acids is 1. The van der Waals surface area contributed by atoms with Crippen molar-refractivity contribution >= 4 is 5.97 Å². The average molecular weight is 319 g/mol. The van der Waals surface area contributed by atoms with Gasteiger partial charge in [0.05, 0.1) is 5.56 Å². The summed E-state index contributed by atoms with van der Waals surface area (Å²) in [4.78, 5) is 11.1. The third kappa shape index (κ3) is 9.43. The van der Waals surface area contributed by atoms with Crippen molar-refractivity contribution in [3.05, 3.63) is 35.4 Å². The van der Waals surface area contributed by atoms with Crippen LogP contribution in [0.25, 0.3) is 0 Å². The van der Waals surface area contributed by atoms with E-state index in [0.29, 0.717) is 5.56 Å². The maximum atomic E-state index is 11.1. The number of unbranched alkanes of at least 4 members (excludes halogenated alkanes) is 11. The molecule has 130 valence electrons. The SMILES string of the molecule is CCCCCCCCCCCCCCc1ccccc1C(=O)O. The van der Waals surface area contributed by atoms with Gasteiger partial charge < -0.3 is 5.11 Å². The van der Waals surface area contributed by atoms with Gasteiger partial charge in [-0.2, -0.15) is 0 Å². The van der Waals surface area contributed by atoms with Gasteiger partial charge in [0.15, 0.2) is 0 Å². The highest BCUT2D eigenvalue weighted by atomic mass is 16.4. The Labute approximate surface area is 142 Å². The molecule has 0 aliphatic heterocycles. The number of carboxylic acids is 1. The van der Waals surface area contributed by atoms with Gasteiger partial charge in [-0.1, -0.05) is 95.8 Å². The van der Waals surface area contributed by atoms with Crippen LogP contribution in [0.4, 0.5) is 0 Å². The third-order valence-electron chi connectivity index (χ3n) is 4.55. The second-order valence-corrected chi connectivity index (χ2v) is 6.60. The minimum atomic E-state index is -0.806. The Bertz CT molecular complexity index is 426. The molecular formula is C21H34O2. The van der Waals surface area contributed by atoms with E-state index in [0.717, 1.165) is 18.4 Å². The molecule has 23 heavy (non-hydrogen) atoms. The molecule has 1 N–H and O–H groups in total. The molecule has 1 rings (SSSR count). The smallest absolute Gasteiger partial charge is 0.335 e. The Kier molecular flexibility index (Phi) is 11.3. The molecule has 0 aromatic heterocycles. The van der Waals surface area contributed by atoms with Gasteiger partial charge in [-0.25, -0.2) is 4.79 Å². The molecule has 0 saturated heterocycles. The van der Waals surface area contributed by atoms with E-state index in [1.165, 1.54) is 70.6 Å². The Morgan fingerprint density at radius 3 is 1.78 bits per heavy atom. The number of aryl methyl sites for hydroxylation is 1. The van der Waals surface area contributed by atoms with Gasteiger partial charge in [-0.15, -0.1) is 0 Å². The van der Waals surface area contributed by atoms with Gasteiger partial charge in [0, 0.05) is 0 Å². The van der Waals surface area contributed by atoms with Crippen molar-refractivity contribution in [2.45, 2.75) is 90.4 Å². The summed E-state index contributed by atoms with van der Waals surface area (Å²) in [5.74, 6) is -0.806. The summed E-state index contributed by atoms with van der Waals surface area (Å²) in [6.45, 7) is 2.26. The van der Waals surface area contributed by atoms with Gasteiger partial charge >= 0.3 is 5.97 Å². The zero-order valence-corrected chi connectivity index (χ0v) is 14.9. The first-order chi connectivity index (χ1) is 11.3. The van der Waals surface area contributed by atoms with Gasteiger partial charge in [-0.3, -0.25) is 0 Å². The minimum absolute atomic E-state index is 0.468. The van der Waals surface area contributed by atoms with Crippen molar-refractivity contribution in [1.29, 1.82) is 0 Å². The molecule has 2 nitrogen and oxygen atoms in total. The molecule has 0 amide bonds. The second-order valence-electron chi connectivity index (χ2n) is 6.60. The lowest BCUT2D eigenvalue weighted by atomic mass is 10.00. The predicted octanol–water partition coefficient (Wildman–Crippen LogP) is 6.63. The number of rotatable bonds is 14. The highest BCUT2D eigenvalue weighted by molar-refractivity contribution is 5.89. The Morgan fingerprint density at radius 1 is 0.783 bits per heavy atom. The highest BCUT2D eigenvalue weighted by Gasteiger charge is 2.07. The van der Waals surface area contributed by atoms with Crippen molar-refractivity contribution < 1.29 is 9.90 Å². The molecule has 0 fully saturated rings. The lowest BCUT2D eigenvalue weighted by Crippen LogP contribution is -2.02. The van der Waals surface area contributed by atoms with Crippen molar-refractivity contribution in [2.24, 2.45) is 0 Å². The quantitative estimate of drug-likeness (QED) is 0.391. The summed E-state index contributed by atoms with van der Waals surface area (Å²) in [5, 5.41) is 9.16. The normalized spacial score (nSPS) is 10.8. The summed E-state index contributed by atoms with van der Waals surface area (Å²) in [5.41, 5.74) is 1.45. The molecule has 1 aromatic rings. The monoisotopic (exact) mass is 318 g/mol. The zero-order chi connectivity index (χ0) is 16.8. The zero-order valence-electron chi connectivity index (χ0n) is 14.9. The standard InChI is InChI=1S/C21H34O2/c1-2-3-4-5-6-7-8-9-10-11-12-13-16-19-17-14-15-18-20(19)21(22)23/h14-15,17-18H,2-13,16H2,1H3,(H,22,23). The molecule has 0 unspecified atom stereocenters. The topological polar surface area (TPSA) is 37.3 Å². The molecule has 2 heteroatoms. The lowest BCUT2D eigenvalue weighted by molar-refractivity contribution is 0.0695. The summed E-state index contributed by atoms with van der Waals surface area (Å²) in [7, 11) is 0. The first-order valence-electron chi connectivity index (χ1n) is 9.57. The molecule has 0 spiro atoms. The number of hydrogen-bond donors (Lipinski definition) is 1. The molecule has 0 aliphatic carbocycles. The molecule has 0 radical (unpaired) electrons. The maximum Gasteiger partial charge on any atom is 0.335 e. The third-order valence-corrected chi connectivity index (χ3v) is 4.55. The first kappa shape index (κ1) is 19.7. The molecule has 0 bridgehead atoms. The van der Waals surface area contributed by atoms with Crippen LogP contribution in [0.2, 0.25) is 0 Å². The maximum absolute atomic E-state index is 11.1. The van der Waals surface area contributed by atoms with Crippen LogP contribution in [0.15, 0.2) is 24.3 Å². The van der Waals surface area contributed by atoms with Gasteiger partial charge in [0.1, 0.15) is 0 Å². The van der Waals surface area contributed by atoms with Crippen molar-refractivity contribution in [3.63, 3.8) is 0 Å². The van der Waals surface area contributed by atoms with Crippen LogP contribution in [0.5, 0.6) is 0 Å². The predicted molar refractivity (Wildman–Crippen MR) is 98.2 cm³/mol. The molecule has 1 aromatic carbocycles. The van der Waals surface area contributed by atoms with E-state index in [1.54, 1.807) is 12.1 Å². The van der Waals surface area contributed by atoms with Crippen molar-refractivity contribution in [1.82, 2.24) is 0 Å². The molecule has 0 saturated carbocycles. The van der Waals surface area contributed by atoms with E-state index in [-0.39, 0.29) is 0 Å². The van der Waals surface area contributed by atoms with E-state index in [9.17, 15) is 4.79 Å². The number of carbonyl (C=O) groups is 1. The van der Waals surface area contributed by atoms with Gasteiger partial charge in [0.25, 0.3) is 0 Å². The fourth-order valence-corrected chi connectivity index (χ4v) is 3.10. The van der Waals surface area contributed by atoms with Crippen LogP contribution < -0.4 is 0 Å². The van der Waals surface area contributed by atoms with Gasteiger partial charge in [0.2, 0.25) is 0 Å². The molecule has 0 aliphatic rings. The van der Waals surface area contributed by atoms with E-state index < -0.39 is 5.97 Å². The summed E-state index contributed by atoms with van der Waals surface area (Å²) in [6, 6.07) is 7.39. The van der Waals surface area contributed by atoms with Crippen molar-refractivity contribution in [2.75, 3.05) is 0 Å². The van der Waals surface area contributed by atoms with E-state index in [1.807, 2.05) is 12.1 Å². The summed E-state index contributed by atoms with van der Waals surface area (Å²) < 4.78 is 0. The van der Waals surface area contributed by atoms with Crippen LogP contribution in [0.1, 0.15) is 99.9 Å². The first-order valence-corrected chi connectivity index (χ1v) is 9.57. The Morgan fingerprint density at radius 2 is 1.26 bits per heavy atom. The van der Waals surface area contributed by atoms with E-state index in [2.05, 4.69) is 6.92 Å². The largest absolute Gasteiger partial charge is 0.478 e. The number of benzene rings is 1. The second kappa shape index (κ2) is 13.2. The van der Waals surface area contributed by atoms with Gasteiger partial charge in [-0.05, 0) is 24.5 Å². The van der Waals surface area contributed by atoms with Crippen LogP contribution >= 0.6 is 0 Å². The van der Waals surface area contributed by atoms with Crippen LogP contribution in [-0.2, 0) is 6.42 Å². The average Bonchev–Trinajstić information content (AvgIpc) is 2.56. The highest BCUT2D eigenvalue weighted by Crippen LogP contribution is 2.15. The Hall–Kier alpha value is -1.31. The van der Waals surface area contributed by atoms with Crippen LogP contribution in [0.3, 0.4) is 0 Å². The molecule has 0 heterocycles. The van der Waals surface area contributed by atoms with E-state index in [4.69, 9.17) is 5.11 Å². The fraction of sp³-hybridized carbons (Fsp3) is 0.667.